The fourth-order valence-corrected chi connectivity index (χ4v) is 7.57. The van der Waals surface area contributed by atoms with Crippen molar-refractivity contribution < 1.29 is 30.6 Å². The minimum Gasteiger partial charge on any atom is -0.515 e. The summed E-state index contributed by atoms with van der Waals surface area (Å²) in [7, 11) is -4.61. The van der Waals surface area contributed by atoms with Crippen molar-refractivity contribution in [1.82, 2.24) is 4.98 Å². The Morgan fingerprint density at radius 3 is 2.05 bits per heavy atom. The smallest absolute Gasteiger partial charge is 0.417 e. The molecular formula is C28H32F3N2O3S+. The second-order valence-corrected chi connectivity index (χ2v) is 11.6. The molecule has 1 N–H and O–H groups in total. The van der Waals surface area contributed by atoms with Gasteiger partial charge in [0, 0.05) is 18.0 Å². The van der Waals surface area contributed by atoms with Crippen molar-refractivity contribution in [3.05, 3.63) is 102 Å². The lowest BCUT2D eigenvalue weighted by atomic mass is 9.87. The molecule has 0 radical (unpaired) electrons. The molecule has 3 rings (SSSR count). The van der Waals surface area contributed by atoms with Crippen molar-refractivity contribution in [1.29, 1.82) is 0 Å². The maximum absolute atomic E-state index is 14.4. The van der Waals surface area contributed by atoms with Crippen LogP contribution >= 0.6 is 0 Å². The Morgan fingerprint density at radius 1 is 0.946 bits per heavy atom. The fraction of sp³-hybridized carbons (Fsp3) is 0.321. The number of nitrogens with zero attached hydrogens (tertiary/aromatic N) is 2. The standard InChI is InChI=1S/C28H31F3N2O3S/c1-20(2)33(21(3)4,37(35,36)27-15-9-8-14-26(27)28(29,30)31)18-24(22-11-6-5-7-12-22)25(19-34)23-13-10-16-32-17-23/h5-17,19-21,24H,18H2,1-4H3/p+1. The van der Waals surface area contributed by atoms with Crippen LogP contribution in [0.25, 0.3) is 5.57 Å². The molecule has 0 saturated heterocycles. The van der Waals surface area contributed by atoms with Gasteiger partial charge in [-0.3, -0.25) is 4.98 Å². The molecule has 1 heterocycles. The predicted molar refractivity (Wildman–Crippen MR) is 138 cm³/mol. The molecule has 1 unspecified atom stereocenters. The number of rotatable bonds is 9. The second kappa shape index (κ2) is 11.1. The van der Waals surface area contributed by atoms with E-state index in [1.807, 2.05) is 18.2 Å². The minimum atomic E-state index is -4.85. The third-order valence-corrected chi connectivity index (χ3v) is 9.64. The van der Waals surface area contributed by atoms with Crippen LogP contribution in [-0.4, -0.2) is 41.0 Å². The van der Waals surface area contributed by atoms with Gasteiger partial charge in [0.2, 0.25) is 0 Å². The largest absolute Gasteiger partial charge is 0.515 e. The van der Waals surface area contributed by atoms with Crippen LogP contribution in [0.3, 0.4) is 0 Å². The molecule has 0 aliphatic rings. The molecule has 0 spiro atoms. The molecule has 5 nitrogen and oxygen atoms in total. The van der Waals surface area contributed by atoms with Crippen molar-refractivity contribution in [2.45, 2.75) is 56.8 Å². The first-order valence-corrected chi connectivity index (χ1v) is 13.4. The molecule has 0 aliphatic carbocycles. The molecular weight excluding hydrogens is 501 g/mol. The van der Waals surface area contributed by atoms with E-state index in [1.54, 1.807) is 64.4 Å². The summed E-state index contributed by atoms with van der Waals surface area (Å²) in [5, 5.41) is 10.4. The van der Waals surface area contributed by atoms with E-state index in [4.69, 9.17) is 0 Å². The van der Waals surface area contributed by atoms with E-state index in [9.17, 15) is 26.7 Å². The van der Waals surface area contributed by atoms with Gasteiger partial charge in [0.1, 0.15) is 11.4 Å². The Morgan fingerprint density at radius 2 is 1.54 bits per heavy atom. The van der Waals surface area contributed by atoms with Gasteiger partial charge in [-0.2, -0.15) is 21.6 Å². The number of aliphatic hydroxyl groups is 1. The van der Waals surface area contributed by atoms with Crippen LogP contribution in [-0.2, 0) is 16.2 Å². The highest BCUT2D eigenvalue weighted by molar-refractivity contribution is 7.86. The zero-order valence-electron chi connectivity index (χ0n) is 21.2. The molecule has 0 fully saturated rings. The molecule has 0 amide bonds. The summed E-state index contributed by atoms with van der Waals surface area (Å²) in [6.45, 7) is 6.67. The maximum Gasteiger partial charge on any atom is 0.417 e. The summed E-state index contributed by atoms with van der Waals surface area (Å²) in [5.74, 6) is -0.673. The quantitative estimate of drug-likeness (QED) is 0.243. The predicted octanol–water partition coefficient (Wildman–Crippen LogP) is 6.81. The highest BCUT2D eigenvalue weighted by Gasteiger charge is 2.53. The third-order valence-electron chi connectivity index (χ3n) is 6.85. The summed E-state index contributed by atoms with van der Waals surface area (Å²) >= 11 is 0. The monoisotopic (exact) mass is 533 g/mol. The lowest BCUT2D eigenvalue weighted by Gasteiger charge is -2.46. The number of hydrogen-bond donors (Lipinski definition) is 1. The van der Waals surface area contributed by atoms with E-state index in [-0.39, 0.29) is 6.54 Å². The highest BCUT2D eigenvalue weighted by Crippen LogP contribution is 2.43. The van der Waals surface area contributed by atoms with Gasteiger partial charge in [-0.1, -0.05) is 48.5 Å². The van der Waals surface area contributed by atoms with E-state index in [0.29, 0.717) is 11.1 Å². The van der Waals surface area contributed by atoms with E-state index in [2.05, 4.69) is 4.98 Å². The Hall–Kier alpha value is -3.17. The van der Waals surface area contributed by atoms with Crippen molar-refractivity contribution in [2.75, 3.05) is 6.54 Å². The van der Waals surface area contributed by atoms with Crippen LogP contribution < -0.4 is 0 Å². The second-order valence-electron chi connectivity index (χ2n) is 9.48. The van der Waals surface area contributed by atoms with Crippen molar-refractivity contribution >= 4 is 15.6 Å². The number of quaternary nitrogens is 1. The number of sulfonamides is 1. The molecule has 198 valence electrons. The lowest BCUT2D eigenvalue weighted by molar-refractivity contribution is -0.851. The van der Waals surface area contributed by atoms with Crippen LogP contribution in [0.5, 0.6) is 0 Å². The fourth-order valence-electron chi connectivity index (χ4n) is 5.03. The maximum atomic E-state index is 14.4. The highest BCUT2D eigenvalue weighted by atomic mass is 32.2. The van der Waals surface area contributed by atoms with Gasteiger partial charge >= 0.3 is 16.2 Å². The zero-order valence-corrected chi connectivity index (χ0v) is 22.0. The first-order valence-electron chi connectivity index (χ1n) is 12.0. The summed E-state index contributed by atoms with van der Waals surface area (Å²) in [6.07, 6.45) is -0.777. The van der Waals surface area contributed by atoms with Gasteiger partial charge in [0.15, 0.2) is 0 Å². The molecule has 1 atom stereocenters. The molecule has 3 aromatic rings. The molecule has 37 heavy (non-hydrogen) atoms. The minimum absolute atomic E-state index is 0.116. The Kier molecular flexibility index (Phi) is 8.49. The number of aromatic nitrogens is 1. The molecule has 9 heteroatoms. The van der Waals surface area contributed by atoms with E-state index >= 15 is 0 Å². The van der Waals surface area contributed by atoms with Gasteiger partial charge < -0.3 is 5.11 Å². The molecule has 1 aromatic heterocycles. The van der Waals surface area contributed by atoms with Crippen LogP contribution in [0.4, 0.5) is 13.2 Å². The van der Waals surface area contributed by atoms with Gasteiger partial charge in [0.25, 0.3) is 0 Å². The Bertz CT molecular complexity index is 1320. The van der Waals surface area contributed by atoms with E-state index in [1.165, 1.54) is 12.1 Å². The molecule has 0 bridgehead atoms. The van der Waals surface area contributed by atoms with Gasteiger partial charge in [-0.05, 0) is 57.0 Å². The van der Waals surface area contributed by atoms with E-state index < -0.39 is 48.5 Å². The van der Waals surface area contributed by atoms with Gasteiger partial charge in [0.05, 0.1) is 29.8 Å². The first kappa shape index (κ1) is 28.4. The summed E-state index contributed by atoms with van der Waals surface area (Å²) in [4.78, 5) is 3.37. The van der Waals surface area contributed by atoms with Crippen molar-refractivity contribution in [3.8, 4) is 0 Å². The first-order chi connectivity index (χ1) is 17.4. The number of alkyl halides is 3. The van der Waals surface area contributed by atoms with Crippen LogP contribution in [0, 0.1) is 0 Å². The van der Waals surface area contributed by atoms with Gasteiger partial charge in [-0.15, -0.1) is 0 Å². The van der Waals surface area contributed by atoms with Crippen LogP contribution in [0.1, 0.15) is 50.3 Å². The van der Waals surface area contributed by atoms with Crippen molar-refractivity contribution in [2.24, 2.45) is 0 Å². The SMILES string of the molecule is CC(C)[N+](CC(C(=CO)c1cccnc1)c1ccccc1)(C(C)C)S(=O)(=O)c1ccccc1C(F)(F)F. The zero-order chi connectivity index (χ0) is 27.4. The van der Waals surface area contributed by atoms with Crippen molar-refractivity contribution in [3.63, 3.8) is 0 Å². The van der Waals surface area contributed by atoms with E-state index in [0.717, 1.165) is 24.0 Å². The summed E-state index contributed by atoms with van der Waals surface area (Å²) in [6, 6.07) is 15.6. The summed E-state index contributed by atoms with van der Waals surface area (Å²) in [5.41, 5.74) is 0.523. The molecule has 0 aliphatic heterocycles. The number of halogens is 3. The summed E-state index contributed by atoms with van der Waals surface area (Å²) < 4.78 is 70.1. The number of pyridine rings is 1. The average Bonchev–Trinajstić information content (AvgIpc) is 2.86. The average molecular weight is 534 g/mol. The molecule has 2 aromatic carbocycles. The lowest BCUT2D eigenvalue weighted by Crippen LogP contribution is -2.62. The Balaban J connectivity index is 2.32. The Labute approximate surface area is 216 Å². The number of aliphatic hydroxyl groups excluding tert-OH is 1. The van der Waals surface area contributed by atoms with Crippen LogP contribution in [0.15, 0.2) is 90.3 Å². The third kappa shape index (κ3) is 5.43. The number of benzene rings is 2. The normalized spacial score (nSPS) is 14.2. The van der Waals surface area contributed by atoms with Crippen LogP contribution in [0.2, 0.25) is 0 Å². The number of hydrogen-bond acceptors (Lipinski definition) is 4. The topological polar surface area (TPSA) is 67.3 Å². The van der Waals surface area contributed by atoms with Gasteiger partial charge in [-0.25, -0.2) is 3.89 Å². The molecule has 0 saturated carbocycles.